The van der Waals surface area contributed by atoms with Crippen LogP contribution in [0.1, 0.15) is 23.5 Å². The van der Waals surface area contributed by atoms with E-state index >= 15 is 0 Å². The maximum Gasteiger partial charge on any atom is 0.234 e. The van der Waals surface area contributed by atoms with Crippen molar-refractivity contribution in [1.82, 2.24) is 4.90 Å². The molecular weight excluding hydrogens is 330 g/mol. The molecule has 0 radical (unpaired) electrons. The van der Waals surface area contributed by atoms with Gasteiger partial charge in [-0.2, -0.15) is 0 Å². The van der Waals surface area contributed by atoms with Crippen molar-refractivity contribution in [2.45, 2.75) is 13.8 Å². The van der Waals surface area contributed by atoms with Gasteiger partial charge in [0, 0.05) is 4.47 Å². The highest BCUT2D eigenvalue weighted by Crippen LogP contribution is 2.63. The van der Waals surface area contributed by atoms with E-state index in [2.05, 4.69) is 15.9 Å². The molecule has 100 valence electrons. The van der Waals surface area contributed by atoms with Gasteiger partial charge in [0.2, 0.25) is 11.8 Å². The van der Waals surface area contributed by atoms with Crippen molar-refractivity contribution >= 4 is 44.9 Å². The number of fused-ring (bicyclic) bond motifs is 1. The number of ketones is 1. The van der Waals surface area contributed by atoms with Gasteiger partial charge in [-0.15, -0.1) is 11.3 Å². The van der Waals surface area contributed by atoms with Crippen LogP contribution in [-0.4, -0.2) is 29.0 Å². The van der Waals surface area contributed by atoms with Crippen LogP contribution in [0.4, 0.5) is 0 Å². The maximum absolute atomic E-state index is 12.1. The van der Waals surface area contributed by atoms with Crippen LogP contribution in [0.15, 0.2) is 15.9 Å². The van der Waals surface area contributed by atoms with Gasteiger partial charge in [-0.05, 0) is 32.8 Å². The van der Waals surface area contributed by atoms with Crippen molar-refractivity contribution in [3.63, 3.8) is 0 Å². The number of carbonyl (C=O) groups excluding carboxylic acids is 3. The molecule has 1 saturated heterocycles. The number of imide groups is 1. The fourth-order valence-electron chi connectivity index (χ4n) is 2.87. The summed E-state index contributed by atoms with van der Waals surface area (Å²) in [6.45, 7) is 3.71. The average Bonchev–Trinajstić information content (AvgIpc) is 2.60. The van der Waals surface area contributed by atoms with Gasteiger partial charge >= 0.3 is 0 Å². The molecule has 2 unspecified atom stereocenters. The highest BCUT2D eigenvalue weighted by atomic mass is 79.9. The number of rotatable bonds is 3. The first kappa shape index (κ1) is 13.0. The first-order chi connectivity index (χ1) is 8.85. The smallest absolute Gasteiger partial charge is 0.234 e. The second kappa shape index (κ2) is 3.99. The zero-order chi connectivity index (χ0) is 13.9. The summed E-state index contributed by atoms with van der Waals surface area (Å²) in [5.74, 6) is -1.02. The molecule has 19 heavy (non-hydrogen) atoms. The Balaban J connectivity index is 1.77. The number of piperidine rings is 1. The third kappa shape index (κ3) is 1.73. The van der Waals surface area contributed by atoms with Gasteiger partial charge in [-0.25, -0.2) is 0 Å². The van der Waals surface area contributed by atoms with Crippen LogP contribution >= 0.6 is 27.3 Å². The van der Waals surface area contributed by atoms with Crippen molar-refractivity contribution in [1.29, 1.82) is 0 Å². The summed E-state index contributed by atoms with van der Waals surface area (Å²) in [6, 6.07) is 1.78. The molecule has 2 fully saturated rings. The van der Waals surface area contributed by atoms with Crippen LogP contribution in [0.2, 0.25) is 0 Å². The lowest BCUT2D eigenvalue weighted by atomic mass is 10.1. The van der Waals surface area contributed by atoms with Gasteiger partial charge in [-0.3, -0.25) is 19.3 Å². The molecule has 1 aliphatic heterocycles. The summed E-state index contributed by atoms with van der Waals surface area (Å²) in [5.41, 5.74) is -0.225. The van der Waals surface area contributed by atoms with Crippen molar-refractivity contribution in [3.8, 4) is 0 Å². The second-order valence-corrected chi connectivity index (χ2v) is 7.33. The molecule has 2 amide bonds. The number of halogens is 1. The van der Waals surface area contributed by atoms with Crippen molar-refractivity contribution in [2.75, 3.05) is 6.54 Å². The fourth-order valence-corrected chi connectivity index (χ4v) is 4.39. The molecule has 0 spiro atoms. The van der Waals surface area contributed by atoms with Crippen LogP contribution in [0.5, 0.6) is 0 Å². The summed E-state index contributed by atoms with van der Waals surface area (Å²) < 4.78 is 0.715. The highest BCUT2D eigenvalue weighted by molar-refractivity contribution is 9.10. The first-order valence-electron chi connectivity index (χ1n) is 5.97. The Morgan fingerprint density at radius 2 is 1.95 bits per heavy atom. The Morgan fingerprint density at radius 1 is 1.37 bits per heavy atom. The van der Waals surface area contributed by atoms with E-state index in [9.17, 15) is 14.4 Å². The summed E-state index contributed by atoms with van der Waals surface area (Å²) >= 11 is 4.60. The molecule has 0 N–H and O–H groups in total. The fraction of sp³-hybridized carbons (Fsp3) is 0.462. The van der Waals surface area contributed by atoms with Crippen LogP contribution in [0, 0.1) is 17.3 Å². The predicted molar refractivity (Wildman–Crippen MR) is 73.8 cm³/mol. The van der Waals surface area contributed by atoms with Crippen LogP contribution in [0.3, 0.4) is 0 Å². The average molecular weight is 342 g/mol. The lowest BCUT2D eigenvalue weighted by Gasteiger charge is -2.19. The van der Waals surface area contributed by atoms with E-state index in [1.165, 1.54) is 11.3 Å². The van der Waals surface area contributed by atoms with Crippen molar-refractivity contribution < 1.29 is 14.4 Å². The van der Waals surface area contributed by atoms with Gasteiger partial charge in [0.15, 0.2) is 5.78 Å². The molecule has 4 nitrogen and oxygen atoms in total. The molecule has 1 aromatic heterocycles. The predicted octanol–water partition coefficient (Wildman–Crippen LogP) is 2.33. The van der Waals surface area contributed by atoms with Crippen molar-refractivity contribution in [2.24, 2.45) is 17.3 Å². The molecule has 6 heteroatoms. The maximum atomic E-state index is 12.1. The van der Waals surface area contributed by atoms with E-state index in [0.29, 0.717) is 9.35 Å². The van der Waals surface area contributed by atoms with E-state index in [-0.39, 0.29) is 41.4 Å². The monoisotopic (exact) mass is 341 g/mol. The molecule has 1 aromatic rings. The number of thiophene rings is 1. The third-order valence-corrected chi connectivity index (χ3v) is 5.94. The quantitative estimate of drug-likeness (QED) is 0.626. The number of nitrogens with zero attached hydrogens (tertiary/aromatic N) is 1. The number of Topliss-reactive ketones (excluding diaryl/α,β-unsaturated/α-hetero) is 1. The Bertz CT molecular complexity index is 583. The largest absolute Gasteiger partial charge is 0.291 e. The number of hydrogen-bond donors (Lipinski definition) is 0. The number of likely N-dealkylation sites (tertiary alicyclic amines) is 1. The molecule has 1 aliphatic carbocycles. The lowest BCUT2D eigenvalue weighted by Crippen LogP contribution is -2.39. The SMILES string of the molecule is CC1(C)C2C(=O)N(CC(=O)c3sccc3Br)C(=O)C21. The summed E-state index contributed by atoms with van der Waals surface area (Å²) in [5, 5.41) is 1.80. The van der Waals surface area contributed by atoms with Gasteiger partial charge in [-0.1, -0.05) is 13.8 Å². The third-order valence-electron chi connectivity index (χ3n) is 4.06. The summed E-state index contributed by atoms with van der Waals surface area (Å²) in [7, 11) is 0. The van der Waals surface area contributed by atoms with Crippen LogP contribution in [0.25, 0.3) is 0 Å². The number of carbonyl (C=O) groups is 3. The van der Waals surface area contributed by atoms with E-state index in [0.717, 1.165) is 4.90 Å². The summed E-state index contributed by atoms with van der Waals surface area (Å²) in [6.07, 6.45) is 0. The second-order valence-electron chi connectivity index (χ2n) is 5.56. The van der Waals surface area contributed by atoms with E-state index in [1.807, 2.05) is 13.8 Å². The Labute approximate surface area is 122 Å². The van der Waals surface area contributed by atoms with E-state index in [1.54, 1.807) is 11.4 Å². The van der Waals surface area contributed by atoms with Gasteiger partial charge in [0.25, 0.3) is 0 Å². The Morgan fingerprint density at radius 3 is 2.42 bits per heavy atom. The minimum absolute atomic E-state index is 0.139. The number of hydrogen-bond acceptors (Lipinski definition) is 4. The molecule has 2 aliphatic rings. The summed E-state index contributed by atoms with van der Waals surface area (Å²) in [4.78, 5) is 38.0. The molecule has 0 aromatic carbocycles. The Hall–Kier alpha value is -1.01. The molecular formula is C13H12BrNO3S. The number of amides is 2. The highest BCUT2D eigenvalue weighted by Gasteiger charge is 2.72. The lowest BCUT2D eigenvalue weighted by molar-refractivity contribution is -0.142. The molecule has 1 saturated carbocycles. The molecule has 2 heterocycles. The van der Waals surface area contributed by atoms with Gasteiger partial charge in [0.05, 0.1) is 23.3 Å². The first-order valence-corrected chi connectivity index (χ1v) is 7.64. The van der Waals surface area contributed by atoms with Crippen molar-refractivity contribution in [3.05, 3.63) is 20.8 Å². The van der Waals surface area contributed by atoms with Gasteiger partial charge in [0.1, 0.15) is 0 Å². The molecule has 3 rings (SSSR count). The zero-order valence-corrected chi connectivity index (χ0v) is 12.9. The zero-order valence-electron chi connectivity index (χ0n) is 10.5. The normalized spacial score (nSPS) is 27.6. The van der Waals surface area contributed by atoms with Crippen LogP contribution < -0.4 is 0 Å². The topological polar surface area (TPSA) is 54.5 Å². The standard InChI is InChI=1S/C13H12BrNO3S/c1-13(2)8-9(13)12(18)15(11(8)17)5-7(16)10-6(14)3-4-19-10/h3-4,8-9H,5H2,1-2H3. The molecule has 0 bridgehead atoms. The minimum Gasteiger partial charge on any atom is -0.291 e. The van der Waals surface area contributed by atoms with Gasteiger partial charge < -0.3 is 0 Å². The van der Waals surface area contributed by atoms with E-state index < -0.39 is 0 Å². The van der Waals surface area contributed by atoms with Crippen LogP contribution in [-0.2, 0) is 9.59 Å². The minimum atomic E-state index is -0.225. The Kier molecular flexibility index (Phi) is 2.73. The molecule has 2 atom stereocenters. The van der Waals surface area contributed by atoms with E-state index in [4.69, 9.17) is 0 Å².